The van der Waals surface area contributed by atoms with Gasteiger partial charge in [0.15, 0.2) is 0 Å². The van der Waals surface area contributed by atoms with Crippen LogP contribution in [0.15, 0.2) is 64.6 Å². The van der Waals surface area contributed by atoms with Crippen LogP contribution in [0.2, 0.25) is 0 Å². The van der Waals surface area contributed by atoms with Crippen molar-refractivity contribution in [1.82, 2.24) is 9.80 Å². The molecule has 1 amide bonds. The first-order chi connectivity index (χ1) is 13.4. The Morgan fingerprint density at radius 2 is 1.71 bits per heavy atom. The van der Waals surface area contributed by atoms with E-state index in [0.29, 0.717) is 12.1 Å². The van der Waals surface area contributed by atoms with Gasteiger partial charge in [-0.05, 0) is 44.8 Å². The molecule has 1 aliphatic heterocycles. The van der Waals surface area contributed by atoms with Gasteiger partial charge in [-0.25, -0.2) is 0 Å². The fourth-order valence-corrected chi connectivity index (χ4v) is 3.68. The standard InChI is InChI=1S/C22H23BrN2O3/c1-24(2)13-6-14-25-19(15-7-4-3-5-8-15)18(21(27)22(25)28)20(26)16-9-11-17(23)12-10-16/h3-5,7-12,19,26H,6,13-14H2,1-2H3/t19-/m1/s1. The molecule has 1 fully saturated rings. The summed E-state index contributed by atoms with van der Waals surface area (Å²) in [6.07, 6.45) is 0.738. The number of halogens is 1. The van der Waals surface area contributed by atoms with Gasteiger partial charge < -0.3 is 14.9 Å². The summed E-state index contributed by atoms with van der Waals surface area (Å²) >= 11 is 3.37. The number of aliphatic hydroxyl groups excluding tert-OH is 1. The van der Waals surface area contributed by atoms with Gasteiger partial charge in [-0.1, -0.05) is 58.4 Å². The van der Waals surface area contributed by atoms with E-state index in [9.17, 15) is 14.7 Å². The van der Waals surface area contributed by atoms with E-state index in [0.717, 1.165) is 23.0 Å². The zero-order valence-corrected chi connectivity index (χ0v) is 17.5. The van der Waals surface area contributed by atoms with Gasteiger partial charge >= 0.3 is 0 Å². The van der Waals surface area contributed by atoms with Crippen LogP contribution in [-0.2, 0) is 9.59 Å². The summed E-state index contributed by atoms with van der Waals surface area (Å²) in [6.45, 7) is 1.25. The maximum absolute atomic E-state index is 12.8. The lowest BCUT2D eigenvalue weighted by Gasteiger charge is -2.26. The minimum Gasteiger partial charge on any atom is -0.507 e. The molecule has 5 nitrogen and oxygen atoms in total. The largest absolute Gasteiger partial charge is 0.507 e. The molecule has 6 heteroatoms. The Hall–Kier alpha value is -2.44. The number of aliphatic hydroxyl groups is 1. The predicted octanol–water partition coefficient (Wildman–Crippen LogP) is 3.82. The minimum atomic E-state index is -0.640. The monoisotopic (exact) mass is 442 g/mol. The highest BCUT2D eigenvalue weighted by molar-refractivity contribution is 9.10. The molecule has 1 aliphatic rings. The van der Waals surface area contributed by atoms with Gasteiger partial charge in [-0.2, -0.15) is 0 Å². The molecule has 0 saturated carbocycles. The normalized spacial score (nSPS) is 18.9. The molecular formula is C22H23BrN2O3. The molecule has 0 spiro atoms. The molecule has 1 saturated heterocycles. The van der Waals surface area contributed by atoms with Crippen LogP contribution in [0.3, 0.4) is 0 Å². The van der Waals surface area contributed by atoms with Gasteiger partial charge in [-0.15, -0.1) is 0 Å². The van der Waals surface area contributed by atoms with Gasteiger partial charge in [0.1, 0.15) is 5.76 Å². The van der Waals surface area contributed by atoms with Crippen LogP contribution in [0.4, 0.5) is 0 Å². The molecule has 0 aliphatic carbocycles. The number of ketones is 1. The highest BCUT2D eigenvalue weighted by Crippen LogP contribution is 2.39. The van der Waals surface area contributed by atoms with Crippen LogP contribution in [0, 0.1) is 0 Å². The first-order valence-electron chi connectivity index (χ1n) is 9.14. The number of rotatable bonds is 6. The predicted molar refractivity (Wildman–Crippen MR) is 113 cm³/mol. The molecule has 1 heterocycles. The number of carbonyl (C=O) groups excluding carboxylic acids is 2. The van der Waals surface area contributed by atoms with E-state index < -0.39 is 17.7 Å². The highest BCUT2D eigenvalue weighted by Gasteiger charge is 2.45. The second-order valence-corrected chi connectivity index (χ2v) is 7.98. The van der Waals surface area contributed by atoms with Crippen LogP contribution in [0.1, 0.15) is 23.6 Å². The molecule has 146 valence electrons. The topological polar surface area (TPSA) is 60.9 Å². The number of Topliss-reactive ketones (excluding diaryl/α,β-unsaturated/α-hetero) is 1. The second-order valence-electron chi connectivity index (χ2n) is 7.07. The lowest BCUT2D eigenvalue weighted by atomic mass is 9.95. The third kappa shape index (κ3) is 4.18. The van der Waals surface area contributed by atoms with Gasteiger partial charge in [0.2, 0.25) is 0 Å². The summed E-state index contributed by atoms with van der Waals surface area (Å²) < 4.78 is 0.868. The van der Waals surface area contributed by atoms with Crippen molar-refractivity contribution in [3.63, 3.8) is 0 Å². The Morgan fingerprint density at radius 3 is 2.32 bits per heavy atom. The lowest BCUT2D eigenvalue weighted by Crippen LogP contribution is -2.32. The molecule has 28 heavy (non-hydrogen) atoms. The number of carbonyl (C=O) groups is 2. The molecule has 2 aromatic carbocycles. The van der Waals surface area contributed by atoms with Crippen molar-refractivity contribution >= 4 is 33.4 Å². The van der Waals surface area contributed by atoms with E-state index in [1.165, 1.54) is 0 Å². The van der Waals surface area contributed by atoms with Crippen molar-refractivity contribution in [3.8, 4) is 0 Å². The Bertz CT molecular complexity index is 892. The van der Waals surface area contributed by atoms with E-state index in [1.54, 1.807) is 29.2 Å². The third-order valence-electron chi connectivity index (χ3n) is 4.78. The van der Waals surface area contributed by atoms with E-state index in [4.69, 9.17) is 0 Å². The molecule has 0 aromatic heterocycles. The molecule has 3 rings (SSSR count). The van der Waals surface area contributed by atoms with Gasteiger partial charge in [0.25, 0.3) is 11.7 Å². The van der Waals surface area contributed by atoms with Crippen LogP contribution >= 0.6 is 15.9 Å². The van der Waals surface area contributed by atoms with Crippen LogP contribution < -0.4 is 0 Å². The van der Waals surface area contributed by atoms with Crippen LogP contribution in [0.25, 0.3) is 5.76 Å². The SMILES string of the molecule is CN(C)CCCN1C(=O)C(=O)C(=C(O)c2ccc(Br)cc2)[C@H]1c1ccccc1. The van der Waals surface area contributed by atoms with Crippen molar-refractivity contribution < 1.29 is 14.7 Å². The maximum Gasteiger partial charge on any atom is 0.295 e. The minimum absolute atomic E-state index is 0.142. The number of likely N-dealkylation sites (tertiary alicyclic amines) is 1. The average molecular weight is 443 g/mol. The highest BCUT2D eigenvalue weighted by atomic mass is 79.9. The molecule has 0 radical (unpaired) electrons. The number of nitrogens with zero attached hydrogens (tertiary/aromatic N) is 2. The van der Waals surface area contributed by atoms with Crippen molar-refractivity contribution in [2.24, 2.45) is 0 Å². The smallest absolute Gasteiger partial charge is 0.295 e. The fraction of sp³-hybridized carbons (Fsp3) is 0.273. The third-order valence-corrected chi connectivity index (χ3v) is 5.31. The van der Waals surface area contributed by atoms with E-state index in [1.807, 2.05) is 49.3 Å². The molecule has 1 atom stereocenters. The molecule has 0 unspecified atom stereocenters. The summed E-state index contributed by atoms with van der Waals surface area (Å²) in [4.78, 5) is 29.2. The van der Waals surface area contributed by atoms with E-state index >= 15 is 0 Å². The molecule has 2 aromatic rings. The summed E-state index contributed by atoms with van der Waals surface area (Å²) in [6, 6.07) is 15.8. The zero-order chi connectivity index (χ0) is 20.3. The fourth-order valence-electron chi connectivity index (χ4n) is 3.41. The van der Waals surface area contributed by atoms with Gasteiger partial charge in [0, 0.05) is 16.6 Å². The second kappa shape index (κ2) is 8.71. The summed E-state index contributed by atoms with van der Waals surface area (Å²) in [5.41, 5.74) is 1.46. The summed E-state index contributed by atoms with van der Waals surface area (Å²) in [7, 11) is 3.94. The zero-order valence-electron chi connectivity index (χ0n) is 15.9. The quantitative estimate of drug-likeness (QED) is 0.419. The van der Waals surface area contributed by atoms with Crippen molar-refractivity contribution in [2.75, 3.05) is 27.2 Å². The number of benzene rings is 2. The van der Waals surface area contributed by atoms with Crippen molar-refractivity contribution in [3.05, 3.63) is 75.8 Å². The molecule has 1 N–H and O–H groups in total. The summed E-state index contributed by atoms with van der Waals surface area (Å²) in [5.74, 6) is -1.35. The lowest BCUT2D eigenvalue weighted by molar-refractivity contribution is -0.139. The Balaban J connectivity index is 2.06. The molecular weight excluding hydrogens is 420 g/mol. The van der Waals surface area contributed by atoms with E-state index in [2.05, 4.69) is 15.9 Å². The number of hydrogen-bond acceptors (Lipinski definition) is 4. The number of hydrogen-bond donors (Lipinski definition) is 1. The number of amides is 1. The van der Waals surface area contributed by atoms with Crippen LogP contribution in [-0.4, -0.2) is 53.8 Å². The first-order valence-corrected chi connectivity index (χ1v) is 9.93. The Morgan fingerprint density at radius 1 is 1.07 bits per heavy atom. The van der Waals surface area contributed by atoms with Crippen molar-refractivity contribution in [2.45, 2.75) is 12.5 Å². The maximum atomic E-state index is 12.8. The van der Waals surface area contributed by atoms with Gasteiger partial charge in [0.05, 0.1) is 11.6 Å². The first kappa shape index (κ1) is 20.3. The van der Waals surface area contributed by atoms with Crippen molar-refractivity contribution in [1.29, 1.82) is 0 Å². The van der Waals surface area contributed by atoms with Gasteiger partial charge in [-0.3, -0.25) is 9.59 Å². The Labute approximate surface area is 173 Å². The van der Waals surface area contributed by atoms with E-state index in [-0.39, 0.29) is 11.3 Å². The Kier molecular flexibility index (Phi) is 6.31. The molecule has 0 bridgehead atoms. The van der Waals surface area contributed by atoms with Crippen LogP contribution in [0.5, 0.6) is 0 Å². The average Bonchev–Trinajstić information content (AvgIpc) is 2.93. The summed E-state index contributed by atoms with van der Waals surface area (Å²) in [5, 5.41) is 10.9.